The molecule has 7 nitrogen and oxygen atoms in total. The monoisotopic (exact) mass is 550 g/mol. The van der Waals surface area contributed by atoms with E-state index in [9.17, 15) is 13.7 Å². The highest BCUT2D eigenvalue weighted by Gasteiger charge is 2.29. The van der Waals surface area contributed by atoms with Crippen LogP contribution in [0.5, 0.6) is 5.75 Å². The Morgan fingerprint density at radius 3 is 2.79 bits per heavy atom. The number of hydrogen-bond donors (Lipinski definition) is 1. The van der Waals surface area contributed by atoms with Crippen molar-refractivity contribution in [1.82, 2.24) is 14.6 Å². The van der Waals surface area contributed by atoms with Gasteiger partial charge in [0.05, 0.1) is 22.3 Å². The molecule has 0 amide bonds. The van der Waals surface area contributed by atoms with Crippen molar-refractivity contribution in [2.45, 2.75) is 58.1 Å². The van der Waals surface area contributed by atoms with Crippen molar-refractivity contribution in [2.75, 3.05) is 25.4 Å². The van der Waals surface area contributed by atoms with Gasteiger partial charge in [0.1, 0.15) is 16.8 Å². The Labute approximate surface area is 229 Å². The van der Waals surface area contributed by atoms with Gasteiger partial charge in [-0.05, 0) is 87.5 Å². The molecule has 1 saturated heterocycles. The molecule has 9 heteroatoms. The zero-order chi connectivity index (χ0) is 26.7. The van der Waals surface area contributed by atoms with Crippen LogP contribution in [0.4, 0.5) is 0 Å². The van der Waals surface area contributed by atoms with Crippen LogP contribution in [0.1, 0.15) is 62.3 Å². The lowest BCUT2D eigenvalue weighted by Gasteiger charge is -2.26. The maximum atomic E-state index is 12.9. The van der Waals surface area contributed by atoms with Gasteiger partial charge in [0.25, 0.3) is 0 Å². The number of aromatic nitrogens is 1. The number of nitrogens with zero attached hydrogens (tertiary/aromatic N) is 3. The fourth-order valence-corrected chi connectivity index (χ4v) is 7.61. The SMILES string of the molecule is CC(C)Oc1ccc(-c2ncc(-c3cccc4c3CCC4NS(=O)(=O)CCN3CCCCC3)s2)cc1C#N. The minimum Gasteiger partial charge on any atom is -0.490 e. The summed E-state index contributed by atoms with van der Waals surface area (Å²) in [5.41, 5.74) is 4.71. The zero-order valence-electron chi connectivity index (χ0n) is 21.9. The number of piperidine rings is 1. The molecule has 1 aromatic heterocycles. The van der Waals surface area contributed by atoms with Crippen molar-refractivity contribution >= 4 is 21.4 Å². The summed E-state index contributed by atoms with van der Waals surface area (Å²) in [6.07, 6.45) is 6.98. The molecule has 0 radical (unpaired) electrons. The fraction of sp³-hybridized carbons (Fsp3) is 0.448. The van der Waals surface area contributed by atoms with E-state index in [1.165, 1.54) is 12.0 Å². The van der Waals surface area contributed by atoms with E-state index in [1.54, 1.807) is 11.3 Å². The van der Waals surface area contributed by atoms with Gasteiger partial charge in [0.2, 0.25) is 10.0 Å². The maximum absolute atomic E-state index is 12.9. The second-order valence-corrected chi connectivity index (χ2v) is 13.2. The number of nitriles is 1. The molecule has 1 atom stereocenters. The summed E-state index contributed by atoms with van der Waals surface area (Å²) in [6.45, 7) is 6.46. The summed E-state index contributed by atoms with van der Waals surface area (Å²) in [4.78, 5) is 7.95. The highest BCUT2D eigenvalue weighted by Crippen LogP contribution is 2.41. The lowest BCUT2D eigenvalue weighted by molar-refractivity contribution is 0.241. The minimum absolute atomic E-state index is 0.0115. The minimum atomic E-state index is -3.37. The van der Waals surface area contributed by atoms with Crippen LogP contribution < -0.4 is 9.46 Å². The molecular weight excluding hydrogens is 516 g/mol. The number of ether oxygens (including phenoxy) is 1. The molecule has 38 heavy (non-hydrogen) atoms. The summed E-state index contributed by atoms with van der Waals surface area (Å²) in [6, 6.07) is 13.7. The summed E-state index contributed by atoms with van der Waals surface area (Å²) < 4.78 is 34.6. The van der Waals surface area contributed by atoms with Gasteiger partial charge >= 0.3 is 0 Å². The summed E-state index contributed by atoms with van der Waals surface area (Å²) in [7, 11) is -3.37. The molecule has 2 aromatic carbocycles. The van der Waals surface area contributed by atoms with E-state index in [0.717, 1.165) is 65.3 Å². The standard InChI is InChI=1S/C29H34N4O3S2/c1-20(2)36-27-12-9-21(17-22(27)18-30)29-31-19-28(37-29)25-8-6-7-24-23(25)10-11-26(24)32-38(34,35)16-15-33-13-4-3-5-14-33/h6-9,12,17,19-20,26,32H,3-5,10-11,13-16H2,1-2H3. The van der Waals surface area contributed by atoms with Crippen molar-refractivity contribution in [2.24, 2.45) is 0 Å². The number of fused-ring (bicyclic) bond motifs is 1. The topological polar surface area (TPSA) is 95.3 Å². The molecule has 1 fully saturated rings. The molecule has 3 aromatic rings. The molecule has 200 valence electrons. The third-order valence-corrected chi connectivity index (χ3v) is 9.64. The normalized spacial score (nSPS) is 17.9. The van der Waals surface area contributed by atoms with Crippen LogP contribution in [0.3, 0.4) is 0 Å². The summed E-state index contributed by atoms with van der Waals surface area (Å²) in [5.74, 6) is 0.718. The number of likely N-dealkylation sites (tertiary alicyclic amines) is 1. The first-order valence-electron chi connectivity index (χ1n) is 13.3. The largest absolute Gasteiger partial charge is 0.490 e. The Morgan fingerprint density at radius 2 is 2.03 bits per heavy atom. The number of hydrogen-bond acceptors (Lipinski definition) is 7. The van der Waals surface area contributed by atoms with Crippen LogP contribution in [-0.4, -0.2) is 49.8 Å². The second kappa shape index (κ2) is 11.5. The Morgan fingerprint density at radius 1 is 1.21 bits per heavy atom. The van der Waals surface area contributed by atoms with E-state index in [-0.39, 0.29) is 17.9 Å². The average Bonchev–Trinajstić information content (AvgIpc) is 3.56. The van der Waals surface area contributed by atoms with E-state index in [1.807, 2.05) is 50.4 Å². The first-order chi connectivity index (χ1) is 18.3. The van der Waals surface area contributed by atoms with Crippen LogP contribution in [0.2, 0.25) is 0 Å². The van der Waals surface area contributed by atoms with Crippen molar-refractivity contribution < 1.29 is 13.2 Å². The predicted molar refractivity (Wildman–Crippen MR) is 152 cm³/mol. The maximum Gasteiger partial charge on any atom is 0.213 e. The smallest absolute Gasteiger partial charge is 0.213 e. The van der Waals surface area contributed by atoms with Crippen LogP contribution >= 0.6 is 11.3 Å². The summed E-state index contributed by atoms with van der Waals surface area (Å²) in [5, 5.41) is 10.4. The van der Waals surface area contributed by atoms with E-state index < -0.39 is 10.0 Å². The van der Waals surface area contributed by atoms with Gasteiger partial charge in [-0.15, -0.1) is 11.3 Å². The molecule has 2 aliphatic rings. The van der Waals surface area contributed by atoms with E-state index in [0.29, 0.717) is 17.9 Å². The molecule has 1 aliphatic heterocycles. The van der Waals surface area contributed by atoms with Gasteiger partial charge < -0.3 is 9.64 Å². The number of nitrogens with one attached hydrogen (secondary N) is 1. The van der Waals surface area contributed by atoms with Gasteiger partial charge in [0.15, 0.2) is 0 Å². The number of thiazole rings is 1. The van der Waals surface area contributed by atoms with Crippen LogP contribution in [0.25, 0.3) is 21.0 Å². The van der Waals surface area contributed by atoms with Gasteiger partial charge in [-0.1, -0.05) is 24.6 Å². The Bertz CT molecular complexity index is 1440. The molecule has 5 rings (SSSR count). The third kappa shape index (κ3) is 6.10. The van der Waals surface area contributed by atoms with E-state index >= 15 is 0 Å². The highest BCUT2D eigenvalue weighted by molar-refractivity contribution is 7.89. The third-order valence-electron chi connectivity index (χ3n) is 7.20. The molecule has 1 N–H and O–H groups in total. The van der Waals surface area contributed by atoms with E-state index in [2.05, 4.69) is 26.7 Å². The molecule has 2 heterocycles. The number of sulfonamides is 1. The van der Waals surface area contributed by atoms with Gasteiger partial charge in [-0.25, -0.2) is 18.1 Å². The van der Waals surface area contributed by atoms with Crippen LogP contribution in [0, 0.1) is 11.3 Å². The molecule has 1 unspecified atom stereocenters. The molecule has 0 spiro atoms. The Hall–Kier alpha value is -2.77. The van der Waals surface area contributed by atoms with E-state index in [4.69, 9.17) is 4.74 Å². The average molecular weight is 551 g/mol. The first-order valence-corrected chi connectivity index (χ1v) is 15.8. The lowest BCUT2D eigenvalue weighted by atomic mass is 10.0. The van der Waals surface area contributed by atoms with Crippen molar-refractivity contribution in [3.63, 3.8) is 0 Å². The molecule has 0 bridgehead atoms. The van der Waals surface area contributed by atoms with Gasteiger partial charge in [0, 0.05) is 24.3 Å². The first kappa shape index (κ1) is 26.8. The van der Waals surface area contributed by atoms with Crippen molar-refractivity contribution in [3.8, 4) is 32.8 Å². The number of rotatable bonds is 9. The number of benzene rings is 2. The Kier molecular flexibility index (Phi) is 8.15. The predicted octanol–water partition coefficient (Wildman–Crippen LogP) is 5.53. The molecular formula is C29H34N4O3S2. The van der Waals surface area contributed by atoms with Crippen molar-refractivity contribution in [3.05, 3.63) is 59.3 Å². The van der Waals surface area contributed by atoms with Gasteiger partial charge in [-0.3, -0.25) is 0 Å². The Balaban J connectivity index is 1.32. The molecule has 0 saturated carbocycles. The van der Waals surface area contributed by atoms with Crippen LogP contribution in [0.15, 0.2) is 42.6 Å². The highest BCUT2D eigenvalue weighted by atomic mass is 32.2. The second-order valence-electron chi connectivity index (χ2n) is 10.3. The van der Waals surface area contributed by atoms with Gasteiger partial charge in [-0.2, -0.15) is 5.26 Å². The quantitative estimate of drug-likeness (QED) is 0.377. The zero-order valence-corrected chi connectivity index (χ0v) is 23.6. The van der Waals surface area contributed by atoms with Crippen LogP contribution in [-0.2, 0) is 16.4 Å². The fourth-order valence-electron chi connectivity index (χ4n) is 5.35. The molecule has 1 aliphatic carbocycles. The van der Waals surface area contributed by atoms with Crippen molar-refractivity contribution in [1.29, 1.82) is 5.26 Å². The lowest BCUT2D eigenvalue weighted by Crippen LogP contribution is -2.38. The summed E-state index contributed by atoms with van der Waals surface area (Å²) >= 11 is 1.58.